The fourth-order valence-corrected chi connectivity index (χ4v) is 1.93. The van der Waals surface area contributed by atoms with E-state index in [1.807, 2.05) is 0 Å². The van der Waals surface area contributed by atoms with Crippen molar-refractivity contribution in [1.29, 1.82) is 0 Å². The molecule has 1 atom stereocenters. The van der Waals surface area contributed by atoms with Gasteiger partial charge in [-0.05, 0) is 11.5 Å². The maximum absolute atomic E-state index is 11.1. The number of allylic oxidation sites excluding steroid dienone is 1. The molecule has 0 fully saturated rings. The van der Waals surface area contributed by atoms with Crippen molar-refractivity contribution in [3.8, 4) is 5.88 Å². The molecule has 0 saturated heterocycles. The molecule has 0 bridgehead atoms. The van der Waals surface area contributed by atoms with Crippen LogP contribution < -0.4 is 4.74 Å². The first-order valence-electron chi connectivity index (χ1n) is 4.15. The quantitative estimate of drug-likeness (QED) is 0.747. The van der Waals surface area contributed by atoms with Crippen LogP contribution in [0, 0.1) is 0 Å². The normalized spacial score (nSPS) is 20.6. The van der Waals surface area contributed by atoms with Crippen LogP contribution >= 0.6 is 11.5 Å². The lowest BCUT2D eigenvalue weighted by Crippen LogP contribution is -2.09. The van der Waals surface area contributed by atoms with Crippen LogP contribution in [0.1, 0.15) is 17.4 Å². The van der Waals surface area contributed by atoms with Gasteiger partial charge in [-0.3, -0.25) is 4.79 Å². The summed E-state index contributed by atoms with van der Waals surface area (Å²) in [5.74, 6) is 0.643. The molecule has 1 aromatic heterocycles. The summed E-state index contributed by atoms with van der Waals surface area (Å²) >= 11 is 1.30. The molecule has 0 aliphatic carbocycles. The molecule has 0 amide bonds. The number of carbonyl (C=O) groups excluding carboxylic acids is 1. The third-order valence-corrected chi connectivity index (χ3v) is 2.78. The Hall–Kier alpha value is -1.36. The average Bonchev–Trinajstić information content (AvgIpc) is 2.66. The topological polar surface area (TPSA) is 48.4 Å². The molecule has 5 heteroatoms. The summed E-state index contributed by atoms with van der Waals surface area (Å²) in [5.41, 5.74) is 0. The second-order valence-electron chi connectivity index (χ2n) is 2.87. The highest BCUT2D eigenvalue weighted by molar-refractivity contribution is 7.06. The highest BCUT2D eigenvalue weighted by Gasteiger charge is 2.21. The van der Waals surface area contributed by atoms with Crippen molar-refractivity contribution in [3.63, 3.8) is 0 Å². The van der Waals surface area contributed by atoms with Crippen molar-refractivity contribution in [2.45, 2.75) is 12.5 Å². The van der Waals surface area contributed by atoms with Crippen LogP contribution in [0.3, 0.4) is 0 Å². The lowest BCUT2D eigenvalue weighted by atomic mass is 10.1. The van der Waals surface area contributed by atoms with Crippen LogP contribution in [0.15, 0.2) is 18.4 Å². The second kappa shape index (κ2) is 3.79. The van der Waals surface area contributed by atoms with E-state index in [9.17, 15) is 4.79 Å². The first-order chi connectivity index (χ1) is 6.79. The van der Waals surface area contributed by atoms with Gasteiger partial charge in [0.05, 0.1) is 24.7 Å². The summed E-state index contributed by atoms with van der Waals surface area (Å²) in [6.07, 6.45) is 3.05. The van der Waals surface area contributed by atoms with E-state index in [1.54, 1.807) is 13.2 Å². The summed E-state index contributed by atoms with van der Waals surface area (Å²) in [4.78, 5) is 12.0. The van der Waals surface area contributed by atoms with Gasteiger partial charge < -0.3 is 9.47 Å². The minimum Gasteiger partial charge on any atom is -0.492 e. The number of hydrogen-bond acceptors (Lipinski definition) is 5. The molecule has 1 aromatic rings. The number of ketones is 1. The summed E-state index contributed by atoms with van der Waals surface area (Å²) in [7, 11) is 1.56. The molecule has 14 heavy (non-hydrogen) atoms. The summed E-state index contributed by atoms with van der Waals surface area (Å²) in [6, 6.07) is 1.79. The molecule has 0 saturated carbocycles. The fraction of sp³-hybridized carbons (Fsp3) is 0.333. The van der Waals surface area contributed by atoms with Gasteiger partial charge in [-0.15, -0.1) is 0 Å². The molecule has 4 nitrogen and oxygen atoms in total. The Morgan fingerprint density at radius 3 is 3.21 bits per heavy atom. The van der Waals surface area contributed by atoms with Crippen LogP contribution in [0.4, 0.5) is 0 Å². The zero-order chi connectivity index (χ0) is 9.97. The van der Waals surface area contributed by atoms with Gasteiger partial charge in [-0.2, -0.15) is 4.37 Å². The molecule has 2 heterocycles. The minimum absolute atomic E-state index is 0.0774. The molecule has 1 unspecified atom stereocenters. The molecular formula is C9H9NO3S. The molecule has 2 rings (SSSR count). The van der Waals surface area contributed by atoms with Crippen LogP contribution in [0.5, 0.6) is 5.88 Å². The SMILES string of the molecule is COc1cc(C2CC(=O)C=CO2)sn1. The van der Waals surface area contributed by atoms with E-state index in [1.165, 1.54) is 23.9 Å². The predicted octanol–water partition coefficient (Wildman–Crippen LogP) is 1.70. The Labute approximate surface area is 85.3 Å². The fourth-order valence-electron chi connectivity index (χ4n) is 1.20. The molecular weight excluding hydrogens is 202 g/mol. The Kier molecular flexibility index (Phi) is 2.49. The minimum atomic E-state index is -0.200. The molecule has 0 N–H and O–H groups in total. The van der Waals surface area contributed by atoms with Gasteiger partial charge in [0.2, 0.25) is 5.88 Å². The van der Waals surface area contributed by atoms with E-state index in [0.29, 0.717) is 12.3 Å². The Balaban J connectivity index is 2.15. The first kappa shape index (κ1) is 9.21. The van der Waals surface area contributed by atoms with E-state index in [0.717, 1.165) is 4.88 Å². The molecule has 1 aliphatic heterocycles. The highest BCUT2D eigenvalue weighted by Crippen LogP contribution is 2.30. The third-order valence-electron chi connectivity index (χ3n) is 1.92. The summed E-state index contributed by atoms with van der Waals surface area (Å²) in [6.45, 7) is 0. The molecule has 1 aliphatic rings. The monoisotopic (exact) mass is 211 g/mol. The predicted molar refractivity (Wildman–Crippen MR) is 51.3 cm³/mol. The van der Waals surface area contributed by atoms with E-state index in [-0.39, 0.29) is 11.9 Å². The number of ether oxygens (including phenoxy) is 2. The molecule has 74 valence electrons. The lowest BCUT2D eigenvalue weighted by Gasteiger charge is -2.15. The van der Waals surface area contributed by atoms with E-state index in [4.69, 9.17) is 9.47 Å². The van der Waals surface area contributed by atoms with Crippen molar-refractivity contribution in [1.82, 2.24) is 4.37 Å². The maximum atomic E-state index is 11.1. The van der Waals surface area contributed by atoms with E-state index in [2.05, 4.69) is 4.37 Å². The number of nitrogens with zero attached hydrogens (tertiary/aromatic N) is 1. The maximum Gasteiger partial charge on any atom is 0.225 e. The molecule has 0 spiro atoms. The van der Waals surface area contributed by atoms with Crippen LogP contribution in [-0.4, -0.2) is 17.3 Å². The zero-order valence-corrected chi connectivity index (χ0v) is 8.41. The number of methoxy groups -OCH3 is 1. The first-order valence-corrected chi connectivity index (χ1v) is 4.92. The number of hydrogen-bond donors (Lipinski definition) is 0. The van der Waals surface area contributed by atoms with Gasteiger partial charge in [-0.25, -0.2) is 0 Å². The second-order valence-corrected chi connectivity index (χ2v) is 3.71. The van der Waals surface area contributed by atoms with Gasteiger partial charge in [0, 0.05) is 12.1 Å². The number of aromatic nitrogens is 1. The summed E-state index contributed by atoms with van der Waals surface area (Å²) < 4.78 is 14.3. The van der Waals surface area contributed by atoms with Crippen molar-refractivity contribution in [2.24, 2.45) is 0 Å². The van der Waals surface area contributed by atoms with E-state index < -0.39 is 0 Å². The van der Waals surface area contributed by atoms with Gasteiger partial charge >= 0.3 is 0 Å². The largest absolute Gasteiger partial charge is 0.492 e. The Morgan fingerprint density at radius 1 is 1.71 bits per heavy atom. The Bertz CT molecular complexity index is 372. The third kappa shape index (κ3) is 1.77. The van der Waals surface area contributed by atoms with Gasteiger partial charge in [-0.1, -0.05) is 0 Å². The molecule has 0 radical (unpaired) electrons. The number of rotatable bonds is 2. The van der Waals surface area contributed by atoms with Crippen molar-refractivity contribution in [2.75, 3.05) is 7.11 Å². The Morgan fingerprint density at radius 2 is 2.57 bits per heavy atom. The van der Waals surface area contributed by atoms with Gasteiger partial charge in [0.25, 0.3) is 0 Å². The highest BCUT2D eigenvalue weighted by atomic mass is 32.1. The number of carbonyl (C=O) groups is 1. The molecule has 0 aromatic carbocycles. The lowest BCUT2D eigenvalue weighted by molar-refractivity contribution is -0.118. The van der Waals surface area contributed by atoms with Crippen LogP contribution in [0.2, 0.25) is 0 Å². The zero-order valence-electron chi connectivity index (χ0n) is 7.60. The summed E-state index contributed by atoms with van der Waals surface area (Å²) in [5, 5.41) is 0. The van der Waals surface area contributed by atoms with Crippen molar-refractivity contribution in [3.05, 3.63) is 23.3 Å². The van der Waals surface area contributed by atoms with Crippen molar-refractivity contribution >= 4 is 17.3 Å². The van der Waals surface area contributed by atoms with Crippen LogP contribution in [0.25, 0.3) is 0 Å². The van der Waals surface area contributed by atoms with Gasteiger partial charge in [0.1, 0.15) is 6.10 Å². The van der Waals surface area contributed by atoms with Gasteiger partial charge in [0.15, 0.2) is 5.78 Å². The van der Waals surface area contributed by atoms with Crippen molar-refractivity contribution < 1.29 is 14.3 Å². The van der Waals surface area contributed by atoms with E-state index >= 15 is 0 Å². The average molecular weight is 211 g/mol. The van der Waals surface area contributed by atoms with Crippen LogP contribution in [-0.2, 0) is 9.53 Å². The smallest absolute Gasteiger partial charge is 0.225 e. The standard InChI is InChI=1S/C9H9NO3S/c1-12-9-5-8(14-10-9)7-4-6(11)2-3-13-7/h2-3,5,7H,4H2,1H3.